The maximum absolute atomic E-state index is 11.1. The SMILES string of the molecule is CCCCCCCCCCCCCCCCCCCCCCCCCCCCCCCCCCCCCCCCCCCCCCCCCc1ccc(S(=O)(=O)O)cc1. The van der Waals surface area contributed by atoms with Gasteiger partial charge in [0.2, 0.25) is 0 Å². The number of hydrogen-bond donors (Lipinski definition) is 1. The van der Waals surface area contributed by atoms with Crippen LogP contribution in [0, 0.1) is 0 Å². The third kappa shape index (κ3) is 42.2. The standard InChI is InChI=1S/C55H104O3S/c1-2-3-4-5-6-7-8-9-10-11-12-13-14-15-16-17-18-19-20-21-22-23-24-25-26-27-28-29-30-31-32-33-34-35-36-37-38-39-40-41-42-43-44-45-46-47-48-49-54-50-52-55(53-51-54)59(56,57)58/h50-53H,2-49H2,1H3,(H,56,57,58). The molecule has 0 aromatic heterocycles. The summed E-state index contributed by atoms with van der Waals surface area (Å²) in [5.74, 6) is 0. The zero-order chi connectivity index (χ0) is 42.4. The van der Waals surface area contributed by atoms with Crippen LogP contribution < -0.4 is 0 Å². The summed E-state index contributed by atoms with van der Waals surface area (Å²) in [6.45, 7) is 2.31. The van der Waals surface area contributed by atoms with Crippen molar-refractivity contribution < 1.29 is 13.0 Å². The fraction of sp³-hybridized carbons (Fsp3) is 0.891. The molecule has 0 heterocycles. The van der Waals surface area contributed by atoms with Crippen LogP contribution in [-0.2, 0) is 16.5 Å². The lowest BCUT2D eigenvalue weighted by atomic mass is 10.0. The lowest BCUT2D eigenvalue weighted by Gasteiger charge is -2.05. The van der Waals surface area contributed by atoms with E-state index in [1.54, 1.807) is 0 Å². The molecule has 1 N–H and O–H groups in total. The lowest BCUT2D eigenvalue weighted by Crippen LogP contribution is -1.98. The maximum Gasteiger partial charge on any atom is 0.294 e. The monoisotopic (exact) mass is 845 g/mol. The minimum absolute atomic E-state index is 0.0196. The highest BCUT2D eigenvalue weighted by molar-refractivity contribution is 7.85. The van der Waals surface area contributed by atoms with Gasteiger partial charge in [-0.1, -0.05) is 314 Å². The normalized spacial score (nSPS) is 11.9. The Bertz CT molecular complexity index is 1050. The molecule has 4 heteroatoms. The molecular weight excluding hydrogens is 741 g/mol. The quantitative estimate of drug-likeness (QED) is 0.0525. The van der Waals surface area contributed by atoms with Gasteiger partial charge in [-0.25, -0.2) is 0 Å². The Morgan fingerprint density at radius 2 is 0.458 bits per heavy atom. The molecule has 0 amide bonds. The summed E-state index contributed by atoms with van der Waals surface area (Å²) < 4.78 is 31.4. The number of hydrogen-bond acceptors (Lipinski definition) is 2. The van der Waals surface area contributed by atoms with E-state index in [0.717, 1.165) is 18.4 Å². The summed E-state index contributed by atoms with van der Waals surface area (Å²) in [6.07, 6.45) is 68.9. The Hall–Kier alpha value is -0.870. The predicted octanol–water partition coefficient (Wildman–Crippen LogP) is 19.8. The Kier molecular flexibility index (Phi) is 43.0. The van der Waals surface area contributed by atoms with Crippen molar-refractivity contribution in [3.8, 4) is 0 Å². The van der Waals surface area contributed by atoms with Crippen LogP contribution in [0.25, 0.3) is 0 Å². The Morgan fingerprint density at radius 1 is 0.288 bits per heavy atom. The molecule has 3 nitrogen and oxygen atoms in total. The van der Waals surface area contributed by atoms with Crippen molar-refractivity contribution in [2.75, 3.05) is 0 Å². The van der Waals surface area contributed by atoms with Gasteiger partial charge in [-0.15, -0.1) is 0 Å². The average Bonchev–Trinajstić information content (AvgIpc) is 3.23. The summed E-state index contributed by atoms with van der Waals surface area (Å²) in [6, 6.07) is 6.63. The van der Waals surface area contributed by atoms with Crippen molar-refractivity contribution in [3.05, 3.63) is 29.8 Å². The molecule has 0 radical (unpaired) electrons. The molecule has 0 spiro atoms. The Labute approximate surface area is 371 Å². The van der Waals surface area contributed by atoms with Crippen LogP contribution in [0.3, 0.4) is 0 Å². The topological polar surface area (TPSA) is 54.4 Å². The Morgan fingerprint density at radius 3 is 0.627 bits per heavy atom. The minimum atomic E-state index is -4.08. The first-order valence-corrected chi connectivity index (χ1v) is 28.5. The van der Waals surface area contributed by atoms with E-state index in [0.29, 0.717) is 0 Å². The molecule has 1 aromatic carbocycles. The first kappa shape index (κ1) is 56.1. The molecule has 0 saturated heterocycles. The summed E-state index contributed by atoms with van der Waals surface area (Å²) >= 11 is 0. The van der Waals surface area contributed by atoms with Gasteiger partial charge in [0.15, 0.2) is 0 Å². The van der Waals surface area contributed by atoms with Gasteiger partial charge in [0.25, 0.3) is 10.1 Å². The maximum atomic E-state index is 11.1. The smallest absolute Gasteiger partial charge is 0.282 e. The zero-order valence-corrected chi connectivity index (χ0v) is 40.7. The first-order valence-electron chi connectivity index (χ1n) is 27.1. The van der Waals surface area contributed by atoms with E-state index in [4.69, 9.17) is 4.55 Å². The first-order chi connectivity index (χ1) is 29.0. The molecule has 1 aromatic rings. The molecule has 0 saturated carbocycles. The predicted molar refractivity (Wildman–Crippen MR) is 263 cm³/mol. The van der Waals surface area contributed by atoms with Crippen LogP contribution in [0.1, 0.15) is 314 Å². The van der Waals surface area contributed by atoms with E-state index in [9.17, 15) is 8.42 Å². The van der Waals surface area contributed by atoms with Crippen molar-refractivity contribution >= 4 is 10.1 Å². The fourth-order valence-corrected chi connectivity index (χ4v) is 9.67. The van der Waals surface area contributed by atoms with E-state index >= 15 is 0 Å². The largest absolute Gasteiger partial charge is 0.294 e. The summed E-state index contributed by atoms with van der Waals surface area (Å²) in [4.78, 5) is -0.0196. The van der Waals surface area contributed by atoms with Crippen molar-refractivity contribution in [2.24, 2.45) is 0 Å². The summed E-state index contributed by atoms with van der Waals surface area (Å²) in [5, 5.41) is 0. The van der Waals surface area contributed by atoms with Crippen LogP contribution in [0.2, 0.25) is 0 Å². The summed E-state index contributed by atoms with van der Waals surface area (Å²) in [5.41, 5.74) is 1.14. The van der Waals surface area contributed by atoms with E-state index < -0.39 is 10.1 Å². The van der Waals surface area contributed by atoms with Gasteiger partial charge in [0, 0.05) is 0 Å². The van der Waals surface area contributed by atoms with Crippen molar-refractivity contribution in [3.63, 3.8) is 0 Å². The number of unbranched alkanes of at least 4 members (excludes halogenated alkanes) is 46. The molecule has 59 heavy (non-hydrogen) atoms. The lowest BCUT2D eigenvalue weighted by molar-refractivity contribution is 0.483. The van der Waals surface area contributed by atoms with Gasteiger partial charge >= 0.3 is 0 Å². The van der Waals surface area contributed by atoms with Gasteiger partial charge < -0.3 is 0 Å². The second-order valence-corrected chi connectivity index (χ2v) is 20.6. The molecule has 0 bridgehead atoms. The highest BCUT2D eigenvalue weighted by Gasteiger charge is 2.08. The third-order valence-corrected chi connectivity index (χ3v) is 14.2. The molecule has 0 unspecified atom stereocenters. The van der Waals surface area contributed by atoms with Crippen LogP contribution in [0.4, 0.5) is 0 Å². The second kappa shape index (κ2) is 45.2. The number of benzene rings is 1. The number of rotatable bonds is 49. The van der Waals surface area contributed by atoms with Crippen molar-refractivity contribution in [2.45, 2.75) is 320 Å². The van der Waals surface area contributed by atoms with Crippen molar-refractivity contribution in [1.29, 1.82) is 0 Å². The highest BCUT2D eigenvalue weighted by atomic mass is 32.2. The molecule has 0 aliphatic heterocycles. The average molecular weight is 846 g/mol. The molecule has 348 valence electrons. The van der Waals surface area contributed by atoms with Gasteiger partial charge in [-0.05, 0) is 30.5 Å². The molecule has 0 atom stereocenters. The van der Waals surface area contributed by atoms with Gasteiger partial charge in [-0.2, -0.15) is 8.42 Å². The summed E-state index contributed by atoms with van der Waals surface area (Å²) in [7, 11) is -4.08. The van der Waals surface area contributed by atoms with E-state index in [1.807, 2.05) is 12.1 Å². The zero-order valence-electron chi connectivity index (χ0n) is 39.9. The molecular formula is C55H104O3S. The van der Waals surface area contributed by atoms with Gasteiger partial charge in [-0.3, -0.25) is 4.55 Å². The Balaban J connectivity index is 1.63. The van der Waals surface area contributed by atoms with E-state index in [-0.39, 0.29) is 4.90 Å². The highest BCUT2D eigenvalue weighted by Crippen LogP contribution is 2.19. The van der Waals surface area contributed by atoms with Gasteiger partial charge in [0.05, 0.1) is 4.90 Å². The fourth-order valence-electron chi connectivity index (χ4n) is 9.19. The third-order valence-electron chi connectivity index (χ3n) is 13.3. The molecule has 1 rings (SSSR count). The minimum Gasteiger partial charge on any atom is -0.282 e. The van der Waals surface area contributed by atoms with E-state index in [2.05, 4.69) is 6.92 Å². The molecule has 0 fully saturated rings. The second-order valence-electron chi connectivity index (χ2n) is 19.1. The van der Waals surface area contributed by atoms with Gasteiger partial charge in [0.1, 0.15) is 0 Å². The molecule has 0 aliphatic carbocycles. The molecule has 0 aliphatic rings. The van der Waals surface area contributed by atoms with Crippen LogP contribution in [0.15, 0.2) is 29.2 Å². The number of aryl methyl sites for hydroxylation is 1. The van der Waals surface area contributed by atoms with Crippen molar-refractivity contribution in [1.82, 2.24) is 0 Å². The van der Waals surface area contributed by atoms with Crippen LogP contribution in [-0.4, -0.2) is 13.0 Å². The van der Waals surface area contributed by atoms with Crippen LogP contribution in [0.5, 0.6) is 0 Å². The van der Waals surface area contributed by atoms with E-state index in [1.165, 1.54) is 307 Å². The van der Waals surface area contributed by atoms with Crippen LogP contribution >= 0.6 is 0 Å².